The third-order valence-electron chi connectivity index (χ3n) is 2.71. The zero-order chi connectivity index (χ0) is 12.8. The van der Waals surface area contributed by atoms with E-state index in [1.807, 2.05) is 24.1 Å². The van der Waals surface area contributed by atoms with Crippen LogP contribution in [0.25, 0.3) is 0 Å². The zero-order valence-electron chi connectivity index (χ0n) is 10.2. The number of rotatable bonds is 6. The molecule has 4 heteroatoms. The molecule has 0 aliphatic rings. The molecule has 17 heavy (non-hydrogen) atoms. The molecule has 1 aromatic rings. The first-order valence-corrected chi connectivity index (χ1v) is 6.60. The van der Waals surface area contributed by atoms with Gasteiger partial charge in [-0.3, -0.25) is 0 Å². The monoisotopic (exact) mass is 299 g/mol. The Kier molecular flexibility index (Phi) is 5.48. The third kappa shape index (κ3) is 3.73. The molecule has 1 N–H and O–H groups in total. The molecule has 0 aromatic heterocycles. The van der Waals surface area contributed by atoms with E-state index in [4.69, 9.17) is 0 Å². The van der Waals surface area contributed by atoms with Gasteiger partial charge in [-0.05, 0) is 34.5 Å². The quantitative estimate of drug-likeness (QED) is 0.813. The summed E-state index contributed by atoms with van der Waals surface area (Å²) < 4.78 is 0.629. The van der Waals surface area contributed by atoms with Crippen LogP contribution in [-0.2, 0) is 0 Å². The van der Waals surface area contributed by atoms with Crippen LogP contribution in [0.5, 0.6) is 0 Å². The largest absolute Gasteiger partial charge is 0.478 e. The maximum atomic E-state index is 11.2. The number of carbonyl (C=O) groups is 1. The summed E-state index contributed by atoms with van der Waals surface area (Å²) in [6.45, 7) is 3.03. The lowest BCUT2D eigenvalue weighted by Crippen LogP contribution is -2.21. The standard InChI is InChI=1S/C13H18BrNO2/c1-3-4-5-9-15(2)11-8-6-7-10(14)12(11)13(16)17/h6-8H,3-5,9H2,1-2H3,(H,16,17). The highest BCUT2D eigenvalue weighted by Gasteiger charge is 2.16. The first-order chi connectivity index (χ1) is 8.07. The Morgan fingerprint density at radius 2 is 2.12 bits per heavy atom. The number of halogens is 1. The summed E-state index contributed by atoms with van der Waals surface area (Å²) in [5.74, 6) is -0.894. The van der Waals surface area contributed by atoms with Crippen molar-refractivity contribution in [2.45, 2.75) is 26.2 Å². The fourth-order valence-corrected chi connectivity index (χ4v) is 2.29. The fraction of sp³-hybridized carbons (Fsp3) is 0.462. The van der Waals surface area contributed by atoms with E-state index in [2.05, 4.69) is 22.9 Å². The van der Waals surface area contributed by atoms with Crippen molar-refractivity contribution in [2.75, 3.05) is 18.5 Å². The summed E-state index contributed by atoms with van der Waals surface area (Å²) in [5.41, 5.74) is 1.11. The molecular weight excluding hydrogens is 282 g/mol. The van der Waals surface area contributed by atoms with Crippen LogP contribution in [-0.4, -0.2) is 24.7 Å². The van der Waals surface area contributed by atoms with Crippen LogP contribution in [0, 0.1) is 0 Å². The average molecular weight is 300 g/mol. The van der Waals surface area contributed by atoms with Crippen molar-refractivity contribution < 1.29 is 9.90 Å². The van der Waals surface area contributed by atoms with E-state index in [-0.39, 0.29) is 0 Å². The van der Waals surface area contributed by atoms with Gasteiger partial charge in [-0.25, -0.2) is 4.79 Å². The van der Waals surface area contributed by atoms with Crippen molar-refractivity contribution in [3.05, 3.63) is 28.2 Å². The second kappa shape index (κ2) is 6.64. The molecule has 0 fully saturated rings. The molecule has 0 bridgehead atoms. The molecule has 0 heterocycles. The summed E-state index contributed by atoms with van der Waals surface area (Å²) in [4.78, 5) is 13.2. The molecule has 94 valence electrons. The van der Waals surface area contributed by atoms with Crippen molar-refractivity contribution in [1.82, 2.24) is 0 Å². The number of nitrogens with zero attached hydrogens (tertiary/aromatic N) is 1. The van der Waals surface area contributed by atoms with E-state index in [0.29, 0.717) is 10.0 Å². The van der Waals surface area contributed by atoms with E-state index in [1.54, 1.807) is 6.07 Å². The molecule has 1 aromatic carbocycles. The number of hydrogen-bond acceptors (Lipinski definition) is 2. The number of aromatic carboxylic acids is 1. The van der Waals surface area contributed by atoms with Gasteiger partial charge in [0.05, 0.1) is 11.3 Å². The second-order valence-electron chi connectivity index (χ2n) is 4.07. The predicted molar refractivity (Wildman–Crippen MR) is 73.9 cm³/mol. The highest BCUT2D eigenvalue weighted by atomic mass is 79.9. The Morgan fingerprint density at radius 3 is 2.71 bits per heavy atom. The molecule has 0 saturated carbocycles. The number of carboxylic acid groups (broad SMARTS) is 1. The Morgan fingerprint density at radius 1 is 1.41 bits per heavy atom. The lowest BCUT2D eigenvalue weighted by molar-refractivity contribution is 0.0696. The Bertz CT molecular complexity index is 393. The third-order valence-corrected chi connectivity index (χ3v) is 3.37. The number of anilines is 1. The van der Waals surface area contributed by atoms with E-state index in [1.165, 1.54) is 6.42 Å². The van der Waals surface area contributed by atoms with E-state index in [0.717, 1.165) is 25.1 Å². The highest BCUT2D eigenvalue weighted by molar-refractivity contribution is 9.10. The summed E-state index contributed by atoms with van der Waals surface area (Å²) in [6, 6.07) is 5.47. The van der Waals surface area contributed by atoms with Crippen LogP contribution >= 0.6 is 15.9 Å². The van der Waals surface area contributed by atoms with Crippen molar-refractivity contribution in [1.29, 1.82) is 0 Å². The van der Waals surface area contributed by atoms with Crippen LogP contribution in [0.15, 0.2) is 22.7 Å². The maximum Gasteiger partial charge on any atom is 0.338 e. The Hall–Kier alpha value is -1.03. The van der Waals surface area contributed by atoms with Gasteiger partial charge in [-0.1, -0.05) is 25.8 Å². The fourth-order valence-electron chi connectivity index (χ4n) is 1.76. The minimum atomic E-state index is -0.894. The van der Waals surface area contributed by atoms with Gasteiger partial charge in [0.2, 0.25) is 0 Å². The van der Waals surface area contributed by atoms with E-state index < -0.39 is 5.97 Å². The van der Waals surface area contributed by atoms with Crippen LogP contribution in [0.4, 0.5) is 5.69 Å². The van der Waals surface area contributed by atoms with Gasteiger partial charge in [-0.2, -0.15) is 0 Å². The molecule has 0 amide bonds. The molecule has 0 spiro atoms. The van der Waals surface area contributed by atoms with Crippen molar-refractivity contribution >= 4 is 27.6 Å². The topological polar surface area (TPSA) is 40.5 Å². The molecule has 1 rings (SSSR count). The summed E-state index contributed by atoms with van der Waals surface area (Å²) in [5, 5.41) is 9.21. The van der Waals surface area contributed by atoms with E-state index >= 15 is 0 Å². The predicted octanol–water partition coefficient (Wildman–Crippen LogP) is 3.77. The first-order valence-electron chi connectivity index (χ1n) is 5.80. The van der Waals surface area contributed by atoms with Crippen LogP contribution in [0.2, 0.25) is 0 Å². The molecule has 0 radical (unpaired) electrons. The number of benzene rings is 1. The van der Waals surface area contributed by atoms with Gasteiger partial charge in [0, 0.05) is 18.1 Å². The minimum absolute atomic E-state index is 0.339. The number of hydrogen-bond donors (Lipinski definition) is 1. The lowest BCUT2D eigenvalue weighted by Gasteiger charge is -2.21. The average Bonchev–Trinajstić information content (AvgIpc) is 2.28. The minimum Gasteiger partial charge on any atom is -0.478 e. The zero-order valence-corrected chi connectivity index (χ0v) is 11.8. The van der Waals surface area contributed by atoms with Crippen LogP contribution < -0.4 is 4.90 Å². The smallest absolute Gasteiger partial charge is 0.338 e. The molecule has 0 aliphatic heterocycles. The summed E-state index contributed by atoms with van der Waals surface area (Å²) >= 11 is 3.29. The van der Waals surface area contributed by atoms with E-state index in [9.17, 15) is 9.90 Å². The SMILES string of the molecule is CCCCCN(C)c1cccc(Br)c1C(=O)O. The summed E-state index contributed by atoms with van der Waals surface area (Å²) in [7, 11) is 1.93. The Labute approximate surface area is 111 Å². The molecule has 0 aliphatic carbocycles. The normalized spacial score (nSPS) is 10.3. The molecule has 3 nitrogen and oxygen atoms in total. The maximum absolute atomic E-state index is 11.2. The molecule has 0 unspecified atom stereocenters. The highest BCUT2D eigenvalue weighted by Crippen LogP contribution is 2.27. The lowest BCUT2D eigenvalue weighted by atomic mass is 10.1. The van der Waals surface area contributed by atoms with Gasteiger partial charge in [0.1, 0.15) is 0 Å². The van der Waals surface area contributed by atoms with Gasteiger partial charge in [0.15, 0.2) is 0 Å². The van der Waals surface area contributed by atoms with Crippen LogP contribution in [0.3, 0.4) is 0 Å². The molecule has 0 saturated heterocycles. The summed E-state index contributed by atoms with van der Waals surface area (Å²) in [6.07, 6.45) is 3.41. The van der Waals surface area contributed by atoms with Gasteiger partial charge in [-0.15, -0.1) is 0 Å². The van der Waals surface area contributed by atoms with Crippen molar-refractivity contribution in [3.63, 3.8) is 0 Å². The number of unbranched alkanes of at least 4 members (excludes halogenated alkanes) is 2. The van der Waals surface area contributed by atoms with Crippen molar-refractivity contribution in [2.24, 2.45) is 0 Å². The number of carboxylic acids is 1. The Balaban J connectivity index is 2.89. The van der Waals surface area contributed by atoms with Crippen molar-refractivity contribution in [3.8, 4) is 0 Å². The first kappa shape index (κ1) is 14.0. The van der Waals surface area contributed by atoms with Crippen LogP contribution in [0.1, 0.15) is 36.5 Å². The molecule has 0 atom stereocenters. The van der Waals surface area contributed by atoms with Gasteiger partial charge in [0.25, 0.3) is 0 Å². The van der Waals surface area contributed by atoms with Gasteiger partial charge >= 0.3 is 5.97 Å². The van der Waals surface area contributed by atoms with Gasteiger partial charge < -0.3 is 10.0 Å². The molecular formula is C13H18BrNO2. The second-order valence-corrected chi connectivity index (χ2v) is 4.92.